The van der Waals surface area contributed by atoms with Crippen molar-refractivity contribution in [2.45, 2.75) is 38.0 Å². The van der Waals surface area contributed by atoms with E-state index in [2.05, 4.69) is 9.88 Å². The monoisotopic (exact) mass is 346 g/mol. The zero-order valence-corrected chi connectivity index (χ0v) is 14.2. The van der Waals surface area contributed by atoms with Crippen LogP contribution >= 0.6 is 0 Å². The van der Waals surface area contributed by atoms with E-state index in [0.29, 0.717) is 25.3 Å². The van der Waals surface area contributed by atoms with Gasteiger partial charge in [0.25, 0.3) is 5.91 Å². The fourth-order valence-electron chi connectivity index (χ4n) is 4.30. The first-order valence-corrected chi connectivity index (χ1v) is 8.55. The summed E-state index contributed by atoms with van der Waals surface area (Å²) in [5.41, 5.74) is 3.73. The van der Waals surface area contributed by atoms with Gasteiger partial charge in [0.15, 0.2) is 0 Å². The summed E-state index contributed by atoms with van der Waals surface area (Å²) < 4.78 is 6.04. The predicted molar refractivity (Wildman–Crippen MR) is 86.9 cm³/mol. The van der Waals surface area contributed by atoms with E-state index in [4.69, 9.17) is 9.94 Å². The van der Waals surface area contributed by atoms with Crippen LogP contribution in [0, 0.1) is 0 Å². The fraction of sp³-hybridized carbons (Fsp3) is 0.588. The van der Waals surface area contributed by atoms with E-state index in [9.17, 15) is 9.59 Å². The molecular weight excluding hydrogens is 324 g/mol. The average Bonchev–Trinajstić information content (AvgIpc) is 3.18. The first kappa shape index (κ1) is 16.4. The number of carbonyl (C=O) groups is 2. The van der Waals surface area contributed by atoms with Gasteiger partial charge in [0.1, 0.15) is 5.60 Å². The van der Waals surface area contributed by atoms with Gasteiger partial charge in [-0.1, -0.05) is 0 Å². The molecule has 0 spiro atoms. The highest BCUT2D eigenvalue weighted by Crippen LogP contribution is 2.38. The molecule has 4 rings (SSSR count). The molecule has 134 valence electrons. The summed E-state index contributed by atoms with van der Waals surface area (Å²) in [6.45, 7) is 5.26. The second-order valence-corrected chi connectivity index (χ2v) is 7.23. The molecule has 0 aromatic carbocycles. The second-order valence-electron chi connectivity index (χ2n) is 7.23. The molecule has 3 aliphatic heterocycles. The van der Waals surface area contributed by atoms with Gasteiger partial charge in [0.05, 0.1) is 30.5 Å². The molecule has 2 bridgehead atoms. The smallest absolute Gasteiger partial charge is 0.276 e. The number of nitrogens with one attached hydrogen (secondary N) is 1. The molecule has 2 fully saturated rings. The number of carbonyl (C=O) groups excluding carboxylic acids is 2. The lowest BCUT2D eigenvalue weighted by molar-refractivity contribution is -0.137. The van der Waals surface area contributed by atoms with Gasteiger partial charge in [0, 0.05) is 39.2 Å². The minimum Gasteiger partial charge on any atom is -0.370 e. The Morgan fingerprint density at radius 2 is 2.36 bits per heavy atom. The van der Waals surface area contributed by atoms with Crippen molar-refractivity contribution in [3.63, 3.8) is 0 Å². The Morgan fingerprint density at radius 1 is 1.52 bits per heavy atom. The third-order valence-electron chi connectivity index (χ3n) is 5.50. The molecular formula is C17H22N4O4. The van der Waals surface area contributed by atoms with E-state index in [1.807, 2.05) is 4.90 Å². The van der Waals surface area contributed by atoms with Gasteiger partial charge in [-0.15, -0.1) is 0 Å². The molecule has 8 heteroatoms. The summed E-state index contributed by atoms with van der Waals surface area (Å²) >= 11 is 0. The Morgan fingerprint density at radius 3 is 3.08 bits per heavy atom. The van der Waals surface area contributed by atoms with Crippen LogP contribution in [0.4, 0.5) is 0 Å². The minimum atomic E-state index is -0.544. The van der Waals surface area contributed by atoms with Crippen LogP contribution < -0.4 is 5.48 Å². The van der Waals surface area contributed by atoms with Crippen molar-refractivity contribution in [3.05, 3.63) is 29.1 Å². The summed E-state index contributed by atoms with van der Waals surface area (Å²) in [5, 5.41) is 8.74. The molecule has 3 aliphatic rings. The van der Waals surface area contributed by atoms with Gasteiger partial charge >= 0.3 is 0 Å². The number of morpholine rings is 1. The summed E-state index contributed by atoms with van der Waals surface area (Å²) in [6, 6.07) is 2.01. The topological polar surface area (TPSA) is 95.0 Å². The molecule has 25 heavy (non-hydrogen) atoms. The first-order chi connectivity index (χ1) is 12.0. The van der Waals surface area contributed by atoms with Crippen molar-refractivity contribution in [1.29, 1.82) is 0 Å². The molecule has 2 amide bonds. The Labute approximate surface area is 145 Å². The highest BCUT2D eigenvalue weighted by Gasteiger charge is 2.52. The summed E-state index contributed by atoms with van der Waals surface area (Å²) in [4.78, 5) is 31.9. The van der Waals surface area contributed by atoms with Crippen LogP contribution in [0.5, 0.6) is 0 Å². The Hall–Kier alpha value is -2.03. The molecule has 2 atom stereocenters. The number of aromatic nitrogens is 1. The summed E-state index contributed by atoms with van der Waals surface area (Å²) in [7, 11) is 0. The molecule has 0 aliphatic carbocycles. The highest BCUT2D eigenvalue weighted by molar-refractivity contribution is 5.93. The van der Waals surface area contributed by atoms with E-state index < -0.39 is 5.91 Å². The maximum absolute atomic E-state index is 11.7. The van der Waals surface area contributed by atoms with Gasteiger partial charge in [-0.3, -0.25) is 24.7 Å². The molecule has 1 aromatic rings. The number of pyridine rings is 1. The van der Waals surface area contributed by atoms with Crippen LogP contribution in [0.3, 0.4) is 0 Å². The van der Waals surface area contributed by atoms with Gasteiger partial charge in [0.2, 0.25) is 5.91 Å². The number of ether oxygens (including phenoxy) is 1. The van der Waals surface area contributed by atoms with Crippen molar-refractivity contribution < 1.29 is 19.5 Å². The lowest BCUT2D eigenvalue weighted by Gasteiger charge is -2.37. The Kier molecular flexibility index (Phi) is 3.98. The van der Waals surface area contributed by atoms with Crippen molar-refractivity contribution >= 4 is 11.8 Å². The van der Waals surface area contributed by atoms with Crippen LogP contribution in [-0.2, 0) is 22.5 Å². The average molecular weight is 346 g/mol. The van der Waals surface area contributed by atoms with Crippen molar-refractivity contribution in [2.75, 3.05) is 26.2 Å². The number of hydroxylamine groups is 1. The number of rotatable bonds is 3. The second kappa shape index (κ2) is 6.05. The molecule has 4 heterocycles. The number of amides is 2. The van der Waals surface area contributed by atoms with E-state index in [1.165, 1.54) is 6.20 Å². The zero-order valence-electron chi connectivity index (χ0n) is 14.2. The van der Waals surface area contributed by atoms with Crippen molar-refractivity contribution in [1.82, 2.24) is 20.3 Å². The number of fused-ring (bicyclic) bond motifs is 3. The summed E-state index contributed by atoms with van der Waals surface area (Å²) in [6.07, 6.45) is 3.19. The highest BCUT2D eigenvalue weighted by atomic mass is 16.5. The first-order valence-electron chi connectivity index (χ1n) is 8.55. The third-order valence-corrected chi connectivity index (χ3v) is 5.50. The van der Waals surface area contributed by atoms with Crippen molar-refractivity contribution in [2.24, 2.45) is 0 Å². The fourth-order valence-corrected chi connectivity index (χ4v) is 4.30. The largest absolute Gasteiger partial charge is 0.370 e. The van der Waals surface area contributed by atoms with Gasteiger partial charge in [-0.25, -0.2) is 5.48 Å². The van der Waals surface area contributed by atoms with Gasteiger partial charge in [-0.05, 0) is 18.1 Å². The number of likely N-dealkylation sites (tertiary alicyclic amines) is 1. The van der Waals surface area contributed by atoms with Crippen LogP contribution in [0.2, 0.25) is 0 Å². The van der Waals surface area contributed by atoms with Gasteiger partial charge < -0.3 is 9.64 Å². The Bertz CT molecular complexity index is 725. The SMILES string of the molecule is CC(=O)N1C[C@]2(CN3CCc4cc(C(=O)NO)cnc4C3)C[C@H]1CO2. The maximum atomic E-state index is 11.7. The quantitative estimate of drug-likeness (QED) is 0.589. The Balaban J connectivity index is 1.45. The summed E-state index contributed by atoms with van der Waals surface area (Å²) in [5.74, 6) is -0.423. The van der Waals surface area contributed by atoms with E-state index in [1.54, 1.807) is 18.5 Å². The van der Waals surface area contributed by atoms with Crippen molar-refractivity contribution in [3.8, 4) is 0 Å². The van der Waals surface area contributed by atoms with Crippen LogP contribution in [0.15, 0.2) is 12.3 Å². The number of nitrogens with zero attached hydrogens (tertiary/aromatic N) is 3. The standard InChI is InChI=1S/C17H22N4O4/c1-11(22)21-10-17(5-14(21)8-25-17)9-20-3-2-12-4-13(16(23)19-24)6-18-15(12)7-20/h4,6,14,24H,2-3,5,7-10H2,1H3,(H,19,23)/t14-,17+/m0/s1. The lowest BCUT2D eigenvalue weighted by atomic mass is 9.98. The van der Waals surface area contributed by atoms with Gasteiger partial charge in [-0.2, -0.15) is 0 Å². The van der Waals surface area contributed by atoms with Crippen LogP contribution in [0.1, 0.15) is 35.0 Å². The minimum absolute atomic E-state index is 0.121. The molecule has 0 saturated carbocycles. The molecule has 0 radical (unpaired) electrons. The maximum Gasteiger partial charge on any atom is 0.276 e. The zero-order chi connectivity index (χ0) is 17.6. The van der Waals surface area contributed by atoms with E-state index in [0.717, 1.165) is 37.2 Å². The molecule has 8 nitrogen and oxygen atoms in total. The van der Waals surface area contributed by atoms with E-state index in [-0.39, 0.29) is 17.6 Å². The van der Waals surface area contributed by atoms with Crippen LogP contribution in [0.25, 0.3) is 0 Å². The number of hydrogen-bond acceptors (Lipinski definition) is 6. The molecule has 2 N–H and O–H groups in total. The van der Waals surface area contributed by atoms with E-state index >= 15 is 0 Å². The molecule has 0 unspecified atom stereocenters. The molecule has 1 aromatic heterocycles. The van der Waals surface area contributed by atoms with Crippen LogP contribution in [-0.4, -0.2) is 69.7 Å². The number of hydrogen-bond donors (Lipinski definition) is 2. The normalized spacial score (nSPS) is 28.1. The third kappa shape index (κ3) is 2.90. The molecule has 2 saturated heterocycles. The lowest BCUT2D eigenvalue weighted by Crippen LogP contribution is -2.51. The predicted octanol–water partition coefficient (Wildman–Crippen LogP) is -0.0515.